The normalized spacial score (nSPS) is 10.6. The molecule has 0 aliphatic carbocycles. The van der Waals surface area contributed by atoms with E-state index in [4.69, 9.17) is 16.3 Å². The molecule has 0 amide bonds. The Labute approximate surface area is 128 Å². The van der Waals surface area contributed by atoms with Crippen LogP contribution in [0.4, 0.5) is 5.69 Å². The molecule has 1 aromatic carbocycles. The lowest BCUT2D eigenvalue weighted by atomic mass is 10.3. The first-order valence-electron chi connectivity index (χ1n) is 5.65. The van der Waals surface area contributed by atoms with E-state index in [0.717, 1.165) is 15.9 Å². The number of hydrogen-bond acceptors (Lipinski definition) is 4. The van der Waals surface area contributed by atoms with Crippen molar-refractivity contribution in [1.29, 1.82) is 0 Å². The minimum atomic E-state index is -0.535. The number of aromatic nitrogens is 2. The summed E-state index contributed by atoms with van der Waals surface area (Å²) in [4.78, 5) is 10.1. The summed E-state index contributed by atoms with van der Waals surface area (Å²) in [6, 6.07) is 4.26. The highest BCUT2D eigenvalue weighted by Gasteiger charge is 2.14. The second-order valence-corrected chi connectivity index (χ2v) is 5.33. The van der Waals surface area contributed by atoms with Gasteiger partial charge in [0, 0.05) is 19.2 Å². The van der Waals surface area contributed by atoms with Crippen LogP contribution in [-0.4, -0.2) is 14.7 Å². The summed E-state index contributed by atoms with van der Waals surface area (Å²) in [6.45, 7) is 2.17. The third-order valence-electron chi connectivity index (χ3n) is 2.75. The first-order valence-corrected chi connectivity index (χ1v) is 6.82. The zero-order chi connectivity index (χ0) is 14.9. The Bertz CT molecular complexity index is 672. The quantitative estimate of drug-likeness (QED) is 0.616. The number of halogens is 2. The smallest absolute Gasteiger partial charge is 0.288 e. The van der Waals surface area contributed by atoms with E-state index in [0.29, 0.717) is 5.75 Å². The minimum absolute atomic E-state index is 0.0488. The van der Waals surface area contributed by atoms with Gasteiger partial charge in [-0.25, -0.2) is 0 Å². The summed E-state index contributed by atoms with van der Waals surface area (Å²) in [5, 5.41) is 15.0. The van der Waals surface area contributed by atoms with E-state index in [1.54, 1.807) is 4.68 Å². The van der Waals surface area contributed by atoms with Crippen molar-refractivity contribution < 1.29 is 9.66 Å². The fourth-order valence-electron chi connectivity index (χ4n) is 1.71. The Balaban J connectivity index is 2.15. The molecule has 0 fully saturated rings. The van der Waals surface area contributed by atoms with Crippen LogP contribution in [0.1, 0.15) is 11.4 Å². The van der Waals surface area contributed by atoms with Crippen molar-refractivity contribution >= 4 is 33.2 Å². The van der Waals surface area contributed by atoms with Crippen molar-refractivity contribution in [2.75, 3.05) is 0 Å². The van der Waals surface area contributed by atoms with Crippen LogP contribution >= 0.6 is 27.5 Å². The number of benzene rings is 1. The number of nitrogens with zero attached hydrogens (tertiary/aromatic N) is 3. The van der Waals surface area contributed by atoms with Gasteiger partial charge in [-0.2, -0.15) is 5.10 Å². The Morgan fingerprint density at radius 2 is 2.25 bits per heavy atom. The van der Waals surface area contributed by atoms with Crippen LogP contribution in [0.25, 0.3) is 0 Å². The summed E-state index contributed by atoms with van der Waals surface area (Å²) < 4.78 is 8.18. The van der Waals surface area contributed by atoms with Crippen molar-refractivity contribution in [1.82, 2.24) is 9.78 Å². The van der Waals surface area contributed by atoms with Gasteiger partial charge < -0.3 is 4.74 Å². The van der Waals surface area contributed by atoms with Gasteiger partial charge in [-0.05, 0) is 28.9 Å². The van der Waals surface area contributed by atoms with Crippen molar-refractivity contribution in [2.24, 2.45) is 7.05 Å². The van der Waals surface area contributed by atoms with E-state index in [1.807, 2.05) is 14.0 Å². The van der Waals surface area contributed by atoms with E-state index in [1.165, 1.54) is 18.2 Å². The third-order valence-corrected chi connectivity index (χ3v) is 4.09. The maximum Gasteiger partial charge on any atom is 0.288 e. The maximum atomic E-state index is 10.7. The molecular formula is C12H11BrClN3O3. The molecule has 0 radical (unpaired) electrons. The van der Waals surface area contributed by atoms with Crippen molar-refractivity contribution in [2.45, 2.75) is 13.5 Å². The van der Waals surface area contributed by atoms with Gasteiger partial charge in [-0.1, -0.05) is 11.6 Å². The van der Waals surface area contributed by atoms with Crippen LogP contribution in [0.2, 0.25) is 5.02 Å². The summed E-state index contributed by atoms with van der Waals surface area (Å²) in [5.41, 5.74) is 1.60. The Morgan fingerprint density at radius 3 is 2.75 bits per heavy atom. The second-order valence-electron chi connectivity index (χ2n) is 4.13. The number of nitro groups is 1. The predicted molar refractivity (Wildman–Crippen MR) is 78.1 cm³/mol. The molecule has 20 heavy (non-hydrogen) atoms. The van der Waals surface area contributed by atoms with E-state index >= 15 is 0 Å². The highest BCUT2D eigenvalue weighted by molar-refractivity contribution is 9.10. The summed E-state index contributed by atoms with van der Waals surface area (Å²) in [6.07, 6.45) is 0. The van der Waals surface area contributed by atoms with Crippen molar-refractivity contribution in [3.05, 3.63) is 49.2 Å². The van der Waals surface area contributed by atoms with Crippen LogP contribution in [0, 0.1) is 17.0 Å². The molecule has 0 spiro atoms. The van der Waals surface area contributed by atoms with Crippen molar-refractivity contribution in [3.63, 3.8) is 0 Å². The Hall–Kier alpha value is -1.60. The molecule has 1 heterocycles. The third kappa shape index (κ3) is 2.94. The van der Waals surface area contributed by atoms with Gasteiger partial charge in [-0.15, -0.1) is 0 Å². The largest absolute Gasteiger partial charge is 0.487 e. The molecule has 0 saturated heterocycles. The number of aryl methyl sites for hydroxylation is 2. The predicted octanol–water partition coefficient (Wildman–Crippen LogP) is 3.63. The monoisotopic (exact) mass is 359 g/mol. The Kier molecular flexibility index (Phi) is 4.29. The highest BCUT2D eigenvalue weighted by atomic mass is 79.9. The zero-order valence-electron chi connectivity index (χ0n) is 10.8. The second kappa shape index (κ2) is 5.80. The molecule has 0 aliphatic rings. The molecule has 106 valence electrons. The molecular weight excluding hydrogens is 350 g/mol. The summed E-state index contributed by atoms with van der Waals surface area (Å²) in [7, 11) is 1.82. The highest BCUT2D eigenvalue weighted by Crippen LogP contribution is 2.29. The van der Waals surface area contributed by atoms with Gasteiger partial charge in [0.1, 0.15) is 17.4 Å². The average Bonchev–Trinajstić information content (AvgIpc) is 2.61. The van der Waals surface area contributed by atoms with Crippen molar-refractivity contribution in [3.8, 4) is 5.75 Å². The van der Waals surface area contributed by atoms with Gasteiger partial charge in [-0.3, -0.25) is 14.8 Å². The number of ether oxygens (including phenoxy) is 1. The molecule has 2 rings (SSSR count). The maximum absolute atomic E-state index is 10.7. The molecule has 2 aromatic rings. The molecule has 0 saturated carbocycles. The molecule has 6 nitrogen and oxygen atoms in total. The molecule has 0 bridgehead atoms. The fraction of sp³-hybridized carbons (Fsp3) is 0.250. The molecule has 0 aliphatic heterocycles. The Morgan fingerprint density at radius 1 is 1.55 bits per heavy atom. The minimum Gasteiger partial charge on any atom is -0.487 e. The zero-order valence-corrected chi connectivity index (χ0v) is 13.1. The molecule has 0 N–H and O–H groups in total. The standard InChI is InChI=1S/C12H11BrClN3O3/c1-7-12(13)11(16(2)15-7)6-20-8-3-4-10(17(18)19)9(14)5-8/h3-5H,6H2,1-2H3. The van der Waals surface area contributed by atoms with Crippen LogP contribution in [-0.2, 0) is 13.7 Å². The van der Waals surface area contributed by atoms with E-state index in [9.17, 15) is 10.1 Å². The molecule has 1 aromatic heterocycles. The SMILES string of the molecule is Cc1nn(C)c(COc2ccc([N+](=O)[O-])c(Cl)c2)c1Br. The lowest BCUT2D eigenvalue weighted by Gasteiger charge is -2.07. The number of hydrogen-bond donors (Lipinski definition) is 0. The molecule has 8 heteroatoms. The fourth-order valence-corrected chi connectivity index (χ4v) is 2.40. The summed E-state index contributed by atoms with van der Waals surface area (Å²) in [5.74, 6) is 0.464. The van der Waals surface area contributed by atoms with Crippen LogP contribution in [0.3, 0.4) is 0 Å². The average molecular weight is 361 g/mol. The molecule has 0 atom stereocenters. The van der Waals surface area contributed by atoms with Crippen LogP contribution in [0.15, 0.2) is 22.7 Å². The van der Waals surface area contributed by atoms with E-state index in [2.05, 4.69) is 21.0 Å². The van der Waals surface area contributed by atoms with Gasteiger partial charge in [0.2, 0.25) is 0 Å². The van der Waals surface area contributed by atoms with Crippen LogP contribution < -0.4 is 4.74 Å². The van der Waals surface area contributed by atoms with Gasteiger partial charge in [0.25, 0.3) is 5.69 Å². The summed E-state index contributed by atoms with van der Waals surface area (Å²) >= 11 is 9.27. The first kappa shape index (κ1) is 14.8. The lowest BCUT2D eigenvalue weighted by Crippen LogP contribution is -2.03. The van der Waals surface area contributed by atoms with E-state index < -0.39 is 4.92 Å². The topological polar surface area (TPSA) is 70.2 Å². The first-order chi connectivity index (χ1) is 9.40. The molecule has 0 unspecified atom stereocenters. The number of rotatable bonds is 4. The van der Waals surface area contributed by atoms with E-state index in [-0.39, 0.29) is 17.3 Å². The van der Waals surface area contributed by atoms with Gasteiger partial charge in [0.15, 0.2) is 0 Å². The van der Waals surface area contributed by atoms with Gasteiger partial charge >= 0.3 is 0 Å². The van der Waals surface area contributed by atoms with Gasteiger partial charge in [0.05, 0.1) is 20.8 Å². The lowest BCUT2D eigenvalue weighted by molar-refractivity contribution is -0.384. The van der Waals surface area contributed by atoms with Crippen LogP contribution in [0.5, 0.6) is 5.75 Å². The number of nitro benzene ring substituents is 1.